The molecule has 1 saturated carbocycles. The van der Waals surface area contributed by atoms with Gasteiger partial charge in [0, 0.05) is 0 Å². The van der Waals surface area contributed by atoms with Crippen molar-refractivity contribution in [2.45, 2.75) is 56.4 Å². The first kappa shape index (κ1) is 13.0. The normalized spacial score (nSPS) is 24.0. The summed E-state index contributed by atoms with van der Waals surface area (Å²) in [5.41, 5.74) is 8.86. The summed E-state index contributed by atoms with van der Waals surface area (Å²) in [6, 6.07) is 8.48. The van der Waals surface area contributed by atoms with E-state index in [9.17, 15) is 0 Å². The molecule has 0 bridgehead atoms. The Balaban J connectivity index is 1.59. The summed E-state index contributed by atoms with van der Waals surface area (Å²) >= 11 is 0. The molecule has 1 aromatic carbocycles. The van der Waals surface area contributed by atoms with Crippen molar-refractivity contribution >= 4 is 0 Å². The van der Waals surface area contributed by atoms with E-state index >= 15 is 0 Å². The van der Waals surface area contributed by atoms with Crippen molar-refractivity contribution in [1.29, 1.82) is 0 Å². The first-order valence-electron chi connectivity index (χ1n) is 7.97. The molecule has 2 N–H and O–H groups in total. The van der Waals surface area contributed by atoms with Crippen LogP contribution in [0.15, 0.2) is 28.8 Å². The summed E-state index contributed by atoms with van der Waals surface area (Å²) in [5, 5.41) is 4.22. The molecule has 1 unspecified atom stereocenters. The molecule has 4 rings (SSSR count). The van der Waals surface area contributed by atoms with Gasteiger partial charge < -0.3 is 10.3 Å². The van der Waals surface area contributed by atoms with E-state index in [0.29, 0.717) is 5.89 Å². The van der Waals surface area contributed by atoms with E-state index < -0.39 is 5.54 Å². The van der Waals surface area contributed by atoms with E-state index in [1.54, 1.807) is 0 Å². The van der Waals surface area contributed by atoms with Gasteiger partial charge in [-0.15, -0.1) is 0 Å². The van der Waals surface area contributed by atoms with E-state index in [4.69, 9.17) is 10.3 Å². The molecule has 2 aromatic rings. The largest absolute Gasteiger partial charge is 0.337 e. The average molecular weight is 283 g/mol. The molecule has 2 aliphatic rings. The van der Waals surface area contributed by atoms with Crippen LogP contribution in [0.3, 0.4) is 0 Å². The molecule has 4 nitrogen and oxygen atoms in total. The monoisotopic (exact) mass is 283 g/mol. The number of fused-ring (bicyclic) bond motifs is 1. The SMILES string of the molecule is NC1(c2nc(C3Cc4ccccc43)no2)CCCCCC1. The van der Waals surface area contributed by atoms with Crippen molar-refractivity contribution in [3.8, 4) is 0 Å². The van der Waals surface area contributed by atoms with Crippen LogP contribution < -0.4 is 5.73 Å². The summed E-state index contributed by atoms with van der Waals surface area (Å²) in [7, 11) is 0. The Labute approximate surface area is 124 Å². The number of benzene rings is 1. The fourth-order valence-corrected chi connectivity index (χ4v) is 3.64. The lowest BCUT2D eigenvalue weighted by atomic mass is 9.77. The van der Waals surface area contributed by atoms with E-state index in [-0.39, 0.29) is 5.92 Å². The third kappa shape index (κ3) is 2.18. The highest BCUT2D eigenvalue weighted by Crippen LogP contribution is 2.40. The van der Waals surface area contributed by atoms with Gasteiger partial charge in [0.1, 0.15) is 0 Å². The minimum Gasteiger partial charge on any atom is -0.337 e. The third-order valence-corrected chi connectivity index (χ3v) is 5.03. The van der Waals surface area contributed by atoms with Gasteiger partial charge in [0.2, 0.25) is 5.89 Å². The first-order chi connectivity index (χ1) is 10.3. The van der Waals surface area contributed by atoms with E-state index in [2.05, 4.69) is 34.4 Å². The van der Waals surface area contributed by atoms with Crippen LogP contribution in [0.4, 0.5) is 0 Å². The highest BCUT2D eigenvalue weighted by atomic mass is 16.5. The second-order valence-corrected chi connectivity index (χ2v) is 6.48. The molecule has 1 aromatic heterocycles. The fourth-order valence-electron chi connectivity index (χ4n) is 3.64. The predicted molar refractivity (Wildman–Crippen MR) is 79.9 cm³/mol. The molecule has 0 aliphatic heterocycles. The quantitative estimate of drug-likeness (QED) is 0.859. The molecule has 0 amide bonds. The number of rotatable bonds is 2. The molecule has 21 heavy (non-hydrogen) atoms. The Kier molecular flexibility index (Phi) is 3.07. The number of nitrogens with zero attached hydrogens (tertiary/aromatic N) is 2. The fraction of sp³-hybridized carbons (Fsp3) is 0.529. The second-order valence-electron chi connectivity index (χ2n) is 6.48. The van der Waals surface area contributed by atoms with Crippen LogP contribution in [-0.4, -0.2) is 10.1 Å². The van der Waals surface area contributed by atoms with Gasteiger partial charge in [0.15, 0.2) is 5.82 Å². The zero-order valence-electron chi connectivity index (χ0n) is 12.2. The molecule has 1 atom stereocenters. The van der Waals surface area contributed by atoms with Crippen LogP contribution in [0, 0.1) is 0 Å². The van der Waals surface area contributed by atoms with Crippen molar-refractivity contribution in [3.63, 3.8) is 0 Å². The van der Waals surface area contributed by atoms with Gasteiger partial charge in [-0.05, 0) is 30.4 Å². The number of nitrogens with two attached hydrogens (primary N) is 1. The summed E-state index contributed by atoms with van der Waals surface area (Å²) in [4.78, 5) is 4.67. The van der Waals surface area contributed by atoms with Crippen LogP contribution in [0.1, 0.15) is 67.3 Å². The minimum atomic E-state index is -0.412. The van der Waals surface area contributed by atoms with Gasteiger partial charge in [0.25, 0.3) is 0 Å². The lowest BCUT2D eigenvalue weighted by molar-refractivity contribution is 0.256. The zero-order valence-corrected chi connectivity index (χ0v) is 12.2. The maximum Gasteiger partial charge on any atom is 0.246 e. The lowest BCUT2D eigenvalue weighted by Gasteiger charge is -2.27. The predicted octanol–water partition coefficient (Wildman–Crippen LogP) is 3.27. The van der Waals surface area contributed by atoms with Gasteiger partial charge in [-0.2, -0.15) is 4.98 Å². The lowest BCUT2D eigenvalue weighted by Crippen LogP contribution is -2.36. The first-order valence-corrected chi connectivity index (χ1v) is 7.97. The van der Waals surface area contributed by atoms with Crippen molar-refractivity contribution in [3.05, 3.63) is 47.1 Å². The van der Waals surface area contributed by atoms with E-state index in [1.165, 1.54) is 24.0 Å². The number of hydrogen-bond donors (Lipinski definition) is 1. The highest BCUT2D eigenvalue weighted by Gasteiger charge is 2.37. The average Bonchev–Trinajstić information content (AvgIpc) is 2.84. The number of aromatic nitrogens is 2. The maximum atomic E-state index is 6.55. The Morgan fingerprint density at radius 1 is 1.10 bits per heavy atom. The molecule has 0 spiro atoms. The molecule has 110 valence electrons. The molecule has 4 heteroatoms. The standard InChI is InChI=1S/C17H21N3O/c18-17(9-5-1-2-6-10-17)16-19-15(20-21-16)14-11-12-7-3-4-8-13(12)14/h3-4,7-8,14H,1-2,5-6,9-11,18H2. The summed E-state index contributed by atoms with van der Waals surface area (Å²) in [6.45, 7) is 0. The molecule has 1 heterocycles. The van der Waals surface area contributed by atoms with Crippen molar-refractivity contribution < 1.29 is 4.52 Å². The molecule has 1 fully saturated rings. The molecular weight excluding hydrogens is 262 g/mol. The second kappa shape index (κ2) is 4.95. The Morgan fingerprint density at radius 2 is 1.86 bits per heavy atom. The van der Waals surface area contributed by atoms with Crippen LogP contribution in [0.25, 0.3) is 0 Å². The minimum absolute atomic E-state index is 0.285. The highest BCUT2D eigenvalue weighted by molar-refractivity contribution is 5.43. The van der Waals surface area contributed by atoms with Gasteiger partial charge >= 0.3 is 0 Å². The van der Waals surface area contributed by atoms with Gasteiger partial charge in [-0.1, -0.05) is 55.1 Å². The van der Waals surface area contributed by atoms with Crippen LogP contribution in [0.5, 0.6) is 0 Å². The van der Waals surface area contributed by atoms with Gasteiger partial charge in [-0.3, -0.25) is 0 Å². The van der Waals surface area contributed by atoms with E-state index in [1.807, 2.05) is 0 Å². The molecule has 0 saturated heterocycles. The van der Waals surface area contributed by atoms with Crippen molar-refractivity contribution in [2.75, 3.05) is 0 Å². The molecule has 0 radical (unpaired) electrons. The van der Waals surface area contributed by atoms with Crippen LogP contribution >= 0.6 is 0 Å². The van der Waals surface area contributed by atoms with Crippen LogP contribution in [-0.2, 0) is 12.0 Å². The van der Waals surface area contributed by atoms with Crippen LogP contribution in [0.2, 0.25) is 0 Å². The molecule has 2 aliphatic carbocycles. The third-order valence-electron chi connectivity index (χ3n) is 5.03. The van der Waals surface area contributed by atoms with Crippen molar-refractivity contribution in [1.82, 2.24) is 10.1 Å². The molecular formula is C17H21N3O. The van der Waals surface area contributed by atoms with Gasteiger partial charge in [0.05, 0.1) is 11.5 Å². The van der Waals surface area contributed by atoms with Gasteiger partial charge in [-0.25, -0.2) is 0 Å². The Morgan fingerprint density at radius 3 is 2.62 bits per heavy atom. The summed E-state index contributed by atoms with van der Waals surface area (Å²) in [6.07, 6.45) is 7.74. The summed E-state index contributed by atoms with van der Waals surface area (Å²) < 4.78 is 5.55. The zero-order chi connectivity index (χ0) is 14.3. The Hall–Kier alpha value is -1.68. The summed E-state index contributed by atoms with van der Waals surface area (Å²) in [5.74, 6) is 1.73. The number of hydrogen-bond acceptors (Lipinski definition) is 4. The van der Waals surface area contributed by atoms with Crippen molar-refractivity contribution in [2.24, 2.45) is 5.73 Å². The smallest absolute Gasteiger partial charge is 0.246 e. The Bertz CT molecular complexity index is 641. The maximum absolute atomic E-state index is 6.55. The van der Waals surface area contributed by atoms with E-state index in [0.717, 1.165) is 37.9 Å². The topological polar surface area (TPSA) is 64.9 Å².